The quantitative estimate of drug-likeness (QED) is 0.891. The van der Waals surface area contributed by atoms with Gasteiger partial charge in [-0.05, 0) is 49.9 Å². The average molecular weight is 312 g/mol. The van der Waals surface area contributed by atoms with Crippen LogP contribution in [-0.2, 0) is 4.74 Å². The van der Waals surface area contributed by atoms with E-state index in [2.05, 4.69) is 47.2 Å². The first-order valence-electron chi connectivity index (χ1n) is 6.68. The lowest BCUT2D eigenvalue weighted by Gasteiger charge is -2.32. The van der Waals surface area contributed by atoms with Crippen molar-refractivity contribution in [2.75, 3.05) is 12.4 Å². The Bertz CT molecular complexity index is 396. The third-order valence-electron chi connectivity index (χ3n) is 3.79. The van der Waals surface area contributed by atoms with Gasteiger partial charge in [0.05, 0.1) is 12.1 Å². The summed E-state index contributed by atoms with van der Waals surface area (Å²) in [4.78, 5) is 0. The van der Waals surface area contributed by atoms with Crippen molar-refractivity contribution in [2.24, 2.45) is 0 Å². The van der Waals surface area contributed by atoms with E-state index in [9.17, 15) is 0 Å². The van der Waals surface area contributed by atoms with Gasteiger partial charge in [0.15, 0.2) is 0 Å². The maximum atomic E-state index is 5.59. The fourth-order valence-electron chi connectivity index (χ4n) is 2.79. The average Bonchev–Trinajstić information content (AvgIpc) is 2.36. The molecule has 1 aliphatic carbocycles. The van der Waals surface area contributed by atoms with Crippen molar-refractivity contribution in [3.63, 3.8) is 0 Å². The van der Waals surface area contributed by atoms with Gasteiger partial charge in [0.25, 0.3) is 0 Å². The largest absolute Gasteiger partial charge is 0.380 e. The maximum Gasteiger partial charge on any atom is 0.0772 e. The molecule has 1 N–H and O–H groups in total. The third-order valence-corrected chi connectivity index (χ3v) is 5.04. The Hall–Kier alpha value is -0.540. The summed E-state index contributed by atoms with van der Waals surface area (Å²) < 4.78 is 6.80. The second-order valence-electron chi connectivity index (χ2n) is 5.23. The molecule has 2 nitrogen and oxygen atoms in total. The summed E-state index contributed by atoms with van der Waals surface area (Å²) in [6, 6.07) is 4.86. The highest BCUT2D eigenvalue weighted by atomic mass is 79.9. The highest BCUT2D eigenvalue weighted by Crippen LogP contribution is 2.28. The number of benzene rings is 1. The van der Waals surface area contributed by atoms with Crippen molar-refractivity contribution in [1.29, 1.82) is 0 Å². The Morgan fingerprint density at radius 2 is 1.78 bits per heavy atom. The number of rotatable bonds is 3. The highest BCUT2D eigenvalue weighted by Gasteiger charge is 2.24. The number of anilines is 1. The van der Waals surface area contributed by atoms with Crippen molar-refractivity contribution in [3.05, 3.63) is 27.7 Å². The highest BCUT2D eigenvalue weighted by molar-refractivity contribution is 9.10. The van der Waals surface area contributed by atoms with Crippen molar-refractivity contribution in [2.45, 2.75) is 51.7 Å². The van der Waals surface area contributed by atoms with Crippen LogP contribution in [0.2, 0.25) is 0 Å². The van der Waals surface area contributed by atoms with Crippen LogP contribution in [0.1, 0.15) is 36.8 Å². The predicted molar refractivity (Wildman–Crippen MR) is 80.3 cm³/mol. The van der Waals surface area contributed by atoms with E-state index in [1.807, 2.05) is 7.11 Å². The molecule has 18 heavy (non-hydrogen) atoms. The first-order chi connectivity index (χ1) is 8.61. The number of aryl methyl sites for hydroxylation is 2. The summed E-state index contributed by atoms with van der Waals surface area (Å²) in [5, 5.41) is 3.64. The van der Waals surface area contributed by atoms with Gasteiger partial charge in [-0.15, -0.1) is 0 Å². The minimum absolute atomic E-state index is 0.350. The standard InChI is InChI=1S/C15H22BrNO/c1-10-8-12(9-11(2)15(10)16)17-13-6-4-5-7-14(13)18-3/h8-9,13-14,17H,4-7H2,1-3H3. The monoisotopic (exact) mass is 311 g/mol. The minimum atomic E-state index is 0.350. The summed E-state index contributed by atoms with van der Waals surface area (Å²) in [7, 11) is 1.82. The lowest BCUT2D eigenvalue weighted by atomic mass is 9.92. The van der Waals surface area contributed by atoms with Crippen LogP contribution in [0.5, 0.6) is 0 Å². The van der Waals surface area contributed by atoms with Crippen molar-refractivity contribution >= 4 is 21.6 Å². The van der Waals surface area contributed by atoms with Gasteiger partial charge in [-0.25, -0.2) is 0 Å². The summed E-state index contributed by atoms with van der Waals surface area (Å²) in [5.41, 5.74) is 3.77. The molecule has 1 aromatic carbocycles. The lowest BCUT2D eigenvalue weighted by Crippen LogP contribution is -2.37. The van der Waals surface area contributed by atoms with Crippen molar-refractivity contribution in [3.8, 4) is 0 Å². The summed E-state index contributed by atoms with van der Waals surface area (Å²) in [6.45, 7) is 4.27. The molecule has 2 unspecified atom stereocenters. The lowest BCUT2D eigenvalue weighted by molar-refractivity contribution is 0.0606. The maximum absolute atomic E-state index is 5.59. The van der Waals surface area contributed by atoms with E-state index in [-0.39, 0.29) is 0 Å². The van der Waals surface area contributed by atoms with E-state index in [1.165, 1.54) is 47.0 Å². The fourth-order valence-corrected chi connectivity index (χ4v) is 3.02. The van der Waals surface area contributed by atoms with E-state index < -0.39 is 0 Å². The van der Waals surface area contributed by atoms with Crippen LogP contribution in [0.15, 0.2) is 16.6 Å². The molecule has 2 atom stereocenters. The zero-order chi connectivity index (χ0) is 13.1. The van der Waals surface area contributed by atoms with Gasteiger partial charge >= 0.3 is 0 Å². The molecular weight excluding hydrogens is 290 g/mol. The topological polar surface area (TPSA) is 21.3 Å². The zero-order valence-electron chi connectivity index (χ0n) is 11.4. The second-order valence-corrected chi connectivity index (χ2v) is 6.03. The number of hydrogen-bond acceptors (Lipinski definition) is 2. The molecule has 0 aliphatic heterocycles. The van der Waals surface area contributed by atoms with Gasteiger partial charge in [-0.3, -0.25) is 0 Å². The van der Waals surface area contributed by atoms with Gasteiger partial charge < -0.3 is 10.1 Å². The molecular formula is C15H22BrNO. The Labute approximate surface area is 118 Å². The number of nitrogens with one attached hydrogen (secondary N) is 1. The Balaban J connectivity index is 2.13. The molecule has 0 aromatic heterocycles. The zero-order valence-corrected chi connectivity index (χ0v) is 13.0. The van der Waals surface area contributed by atoms with E-state index >= 15 is 0 Å². The van der Waals surface area contributed by atoms with Crippen LogP contribution in [0, 0.1) is 13.8 Å². The first-order valence-corrected chi connectivity index (χ1v) is 7.47. The SMILES string of the molecule is COC1CCCCC1Nc1cc(C)c(Br)c(C)c1. The van der Waals surface area contributed by atoms with Crippen molar-refractivity contribution < 1.29 is 4.74 Å². The van der Waals surface area contributed by atoms with Crippen LogP contribution >= 0.6 is 15.9 Å². The van der Waals surface area contributed by atoms with Gasteiger partial charge in [0.2, 0.25) is 0 Å². The van der Waals surface area contributed by atoms with Crippen LogP contribution in [0.3, 0.4) is 0 Å². The summed E-state index contributed by atoms with van der Waals surface area (Å²) in [6.07, 6.45) is 5.30. The molecule has 0 radical (unpaired) electrons. The number of methoxy groups -OCH3 is 1. The van der Waals surface area contributed by atoms with Gasteiger partial charge in [-0.2, -0.15) is 0 Å². The van der Waals surface area contributed by atoms with Crippen LogP contribution in [0.4, 0.5) is 5.69 Å². The van der Waals surface area contributed by atoms with Gasteiger partial charge in [0.1, 0.15) is 0 Å². The minimum Gasteiger partial charge on any atom is -0.380 e. The molecule has 100 valence electrons. The summed E-state index contributed by atoms with van der Waals surface area (Å²) in [5.74, 6) is 0. The third kappa shape index (κ3) is 3.07. The molecule has 0 saturated heterocycles. The van der Waals surface area contributed by atoms with Crippen LogP contribution < -0.4 is 5.32 Å². The molecule has 1 aliphatic rings. The molecule has 1 aromatic rings. The second kappa shape index (κ2) is 6.07. The molecule has 1 fully saturated rings. The Morgan fingerprint density at radius 1 is 1.17 bits per heavy atom. The molecule has 0 amide bonds. The normalized spacial score (nSPS) is 24.0. The van der Waals surface area contributed by atoms with Gasteiger partial charge in [0, 0.05) is 17.3 Å². The molecule has 0 spiro atoms. The molecule has 3 heteroatoms. The van der Waals surface area contributed by atoms with E-state index in [4.69, 9.17) is 4.74 Å². The summed E-state index contributed by atoms with van der Waals surface area (Å²) >= 11 is 3.61. The molecule has 2 rings (SSSR count). The van der Waals surface area contributed by atoms with E-state index in [1.54, 1.807) is 0 Å². The predicted octanol–water partition coefficient (Wildman–Crippen LogP) is 4.44. The van der Waals surface area contributed by atoms with E-state index in [0.717, 1.165) is 0 Å². The molecule has 1 saturated carbocycles. The first kappa shape index (κ1) is 13.9. The Morgan fingerprint density at radius 3 is 2.39 bits per heavy atom. The smallest absolute Gasteiger partial charge is 0.0772 e. The van der Waals surface area contributed by atoms with Gasteiger partial charge in [-0.1, -0.05) is 28.8 Å². The van der Waals surface area contributed by atoms with Crippen LogP contribution in [-0.4, -0.2) is 19.3 Å². The molecule has 0 bridgehead atoms. The fraction of sp³-hybridized carbons (Fsp3) is 0.600. The number of hydrogen-bond donors (Lipinski definition) is 1. The van der Waals surface area contributed by atoms with Crippen LogP contribution in [0.25, 0.3) is 0 Å². The number of halogens is 1. The number of ether oxygens (including phenoxy) is 1. The van der Waals surface area contributed by atoms with E-state index in [0.29, 0.717) is 12.1 Å². The Kier molecular flexibility index (Phi) is 4.68. The molecule has 0 heterocycles. The van der Waals surface area contributed by atoms with Crippen molar-refractivity contribution in [1.82, 2.24) is 0 Å².